The minimum Gasteiger partial charge on any atom is -0.354 e. The van der Waals surface area contributed by atoms with Crippen molar-refractivity contribution in [1.29, 1.82) is 0 Å². The summed E-state index contributed by atoms with van der Waals surface area (Å²) < 4.78 is 0. The number of hydrogen-bond acceptors (Lipinski definition) is 4. The van der Waals surface area contributed by atoms with E-state index >= 15 is 0 Å². The Morgan fingerprint density at radius 2 is 1.65 bits per heavy atom. The van der Waals surface area contributed by atoms with Crippen LogP contribution in [0.4, 0.5) is 0 Å². The third-order valence-electron chi connectivity index (χ3n) is 7.46. The Morgan fingerprint density at radius 1 is 1.00 bits per heavy atom. The quantitative estimate of drug-likeness (QED) is 0.296. The molecule has 0 unspecified atom stereocenters. The third kappa shape index (κ3) is 7.12. The lowest BCUT2D eigenvalue weighted by Crippen LogP contribution is -2.51. The van der Waals surface area contributed by atoms with Crippen molar-refractivity contribution in [2.45, 2.75) is 52.1 Å². The summed E-state index contributed by atoms with van der Waals surface area (Å²) in [6.07, 6.45) is 5.13. The summed E-state index contributed by atoms with van der Waals surface area (Å²) in [4.78, 5) is 56.2. The van der Waals surface area contributed by atoms with Crippen LogP contribution in [0.2, 0.25) is 10.0 Å². The summed E-state index contributed by atoms with van der Waals surface area (Å²) in [7, 11) is 0. The van der Waals surface area contributed by atoms with Gasteiger partial charge in [-0.15, -0.1) is 0 Å². The van der Waals surface area contributed by atoms with Gasteiger partial charge in [0, 0.05) is 42.5 Å². The van der Waals surface area contributed by atoms with E-state index < -0.39 is 6.04 Å². The zero-order chi connectivity index (χ0) is 28.8. The predicted octanol–water partition coefficient (Wildman–Crippen LogP) is 5.05. The molecule has 4 amide bonds. The number of carbonyl (C=O) groups is 4. The van der Waals surface area contributed by atoms with Crippen molar-refractivity contribution in [1.82, 2.24) is 15.1 Å². The van der Waals surface area contributed by atoms with Crippen LogP contribution >= 0.6 is 23.2 Å². The highest BCUT2D eigenvalue weighted by atomic mass is 35.5. The van der Waals surface area contributed by atoms with Gasteiger partial charge in [0.05, 0.1) is 11.8 Å². The fourth-order valence-electron chi connectivity index (χ4n) is 5.25. The molecule has 40 heavy (non-hydrogen) atoms. The number of nitrogens with one attached hydrogen (secondary N) is 1. The SMILES string of the molecule is CC(C)CNC(=O)[C@@H](Cc1ccccc1)N(Cc1ccc(Cl)cc1Cl)C(=O)CCN1C(=O)[C@H]2CC=CC[C@H]2C1=O. The van der Waals surface area contributed by atoms with Gasteiger partial charge in [0.25, 0.3) is 0 Å². The molecule has 1 fully saturated rings. The summed E-state index contributed by atoms with van der Waals surface area (Å²) in [6.45, 7) is 4.50. The first-order valence-electron chi connectivity index (χ1n) is 13.7. The number of carbonyl (C=O) groups excluding carboxylic acids is 4. The molecule has 0 aromatic heterocycles. The predicted molar refractivity (Wildman–Crippen MR) is 155 cm³/mol. The van der Waals surface area contributed by atoms with E-state index in [0.717, 1.165) is 5.56 Å². The molecule has 7 nitrogen and oxygen atoms in total. The normalized spacial score (nSPS) is 19.1. The number of hydrogen-bond donors (Lipinski definition) is 1. The summed E-state index contributed by atoms with van der Waals surface area (Å²) >= 11 is 12.6. The molecule has 2 aromatic carbocycles. The van der Waals surface area contributed by atoms with Crippen LogP contribution in [0.15, 0.2) is 60.7 Å². The largest absolute Gasteiger partial charge is 0.354 e. The van der Waals surface area contributed by atoms with Crippen molar-refractivity contribution in [3.63, 3.8) is 0 Å². The smallest absolute Gasteiger partial charge is 0.243 e. The molecule has 4 rings (SSSR count). The first kappa shape index (κ1) is 29.8. The van der Waals surface area contributed by atoms with Gasteiger partial charge in [-0.25, -0.2) is 0 Å². The highest BCUT2D eigenvalue weighted by Crippen LogP contribution is 2.35. The van der Waals surface area contributed by atoms with Crippen molar-refractivity contribution in [3.05, 3.63) is 81.9 Å². The van der Waals surface area contributed by atoms with E-state index in [0.29, 0.717) is 41.4 Å². The highest BCUT2D eigenvalue weighted by Gasteiger charge is 2.47. The maximum atomic E-state index is 13.9. The molecule has 212 valence electrons. The number of amides is 4. The first-order valence-corrected chi connectivity index (χ1v) is 14.5. The Hall–Kier alpha value is -3.16. The summed E-state index contributed by atoms with van der Waals surface area (Å²) in [5.74, 6) is -1.57. The lowest BCUT2D eigenvalue weighted by atomic mass is 9.85. The fourth-order valence-corrected chi connectivity index (χ4v) is 5.72. The van der Waals surface area contributed by atoms with E-state index in [1.165, 1.54) is 9.80 Å². The Balaban J connectivity index is 1.60. The average Bonchev–Trinajstić information content (AvgIpc) is 3.18. The van der Waals surface area contributed by atoms with Crippen LogP contribution in [-0.2, 0) is 32.1 Å². The van der Waals surface area contributed by atoms with Gasteiger partial charge < -0.3 is 10.2 Å². The summed E-state index contributed by atoms with van der Waals surface area (Å²) in [6, 6.07) is 13.7. The van der Waals surface area contributed by atoms with Crippen molar-refractivity contribution < 1.29 is 19.2 Å². The lowest BCUT2D eigenvalue weighted by Gasteiger charge is -2.32. The molecule has 1 aliphatic heterocycles. The molecule has 1 heterocycles. The van der Waals surface area contributed by atoms with Crippen LogP contribution in [0.1, 0.15) is 44.2 Å². The van der Waals surface area contributed by atoms with Gasteiger partial charge in [-0.3, -0.25) is 24.1 Å². The number of benzene rings is 2. The summed E-state index contributed by atoms with van der Waals surface area (Å²) in [5.41, 5.74) is 1.54. The number of fused-ring (bicyclic) bond motifs is 1. The standard InChI is InChI=1S/C31H35Cl2N3O4/c1-20(2)18-34-29(38)27(16-21-8-4-3-5-9-21)36(19-22-12-13-23(32)17-26(22)33)28(37)14-15-35-30(39)24-10-6-7-11-25(24)31(35)40/h3-9,12-13,17,20,24-25,27H,10-11,14-16,18-19H2,1-2H3,(H,34,38)/t24-,25+,27-/m1/s1. The van der Waals surface area contributed by atoms with Crippen molar-refractivity contribution >= 4 is 46.8 Å². The molecule has 0 saturated carbocycles. The van der Waals surface area contributed by atoms with E-state index in [9.17, 15) is 19.2 Å². The lowest BCUT2D eigenvalue weighted by molar-refractivity contribution is -0.144. The van der Waals surface area contributed by atoms with E-state index in [2.05, 4.69) is 5.32 Å². The van der Waals surface area contributed by atoms with Crippen molar-refractivity contribution in [3.8, 4) is 0 Å². The highest BCUT2D eigenvalue weighted by molar-refractivity contribution is 6.35. The maximum absolute atomic E-state index is 13.9. The van der Waals surface area contributed by atoms with Gasteiger partial charge in [0.1, 0.15) is 6.04 Å². The molecule has 2 aliphatic rings. The molecule has 0 spiro atoms. The molecule has 0 radical (unpaired) electrons. The number of nitrogens with zero attached hydrogens (tertiary/aromatic N) is 2. The van der Waals surface area contributed by atoms with Gasteiger partial charge in [0.2, 0.25) is 23.6 Å². The zero-order valence-electron chi connectivity index (χ0n) is 22.8. The maximum Gasteiger partial charge on any atom is 0.243 e. The van der Waals surface area contributed by atoms with Crippen molar-refractivity contribution in [2.75, 3.05) is 13.1 Å². The molecule has 0 bridgehead atoms. The van der Waals surface area contributed by atoms with Crippen LogP contribution in [0, 0.1) is 17.8 Å². The molecule has 9 heteroatoms. The number of allylic oxidation sites excluding steroid dienone is 2. The second-order valence-corrected chi connectivity index (χ2v) is 11.7. The van der Waals surface area contributed by atoms with E-state index in [1.54, 1.807) is 18.2 Å². The van der Waals surface area contributed by atoms with Crippen LogP contribution in [0.5, 0.6) is 0 Å². The third-order valence-corrected chi connectivity index (χ3v) is 8.05. The van der Waals surface area contributed by atoms with Crippen LogP contribution in [-0.4, -0.2) is 52.6 Å². The number of rotatable bonds is 11. The molecule has 1 N–H and O–H groups in total. The van der Waals surface area contributed by atoms with Gasteiger partial charge in [-0.1, -0.05) is 85.6 Å². The van der Waals surface area contributed by atoms with E-state index in [1.807, 2.05) is 56.3 Å². The zero-order valence-corrected chi connectivity index (χ0v) is 24.3. The topological polar surface area (TPSA) is 86.8 Å². The molecule has 1 aliphatic carbocycles. The molecule has 2 aromatic rings. The Kier molecular flexibility index (Phi) is 10.0. The van der Waals surface area contributed by atoms with Crippen molar-refractivity contribution in [2.24, 2.45) is 17.8 Å². The number of likely N-dealkylation sites (tertiary alicyclic amines) is 1. The summed E-state index contributed by atoms with van der Waals surface area (Å²) in [5, 5.41) is 3.82. The van der Waals surface area contributed by atoms with Gasteiger partial charge in [0.15, 0.2) is 0 Å². The van der Waals surface area contributed by atoms with E-state index in [-0.39, 0.29) is 60.9 Å². The first-order chi connectivity index (χ1) is 19.2. The molecular formula is C31H35Cl2N3O4. The van der Waals surface area contributed by atoms with Crippen LogP contribution < -0.4 is 5.32 Å². The van der Waals surface area contributed by atoms with Gasteiger partial charge >= 0.3 is 0 Å². The average molecular weight is 585 g/mol. The van der Waals surface area contributed by atoms with E-state index in [4.69, 9.17) is 23.2 Å². The molecule has 1 saturated heterocycles. The van der Waals surface area contributed by atoms with Gasteiger partial charge in [-0.05, 0) is 42.0 Å². The van der Waals surface area contributed by atoms with Crippen LogP contribution in [0.25, 0.3) is 0 Å². The second-order valence-electron chi connectivity index (χ2n) is 10.8. The minimum absolute atomic E-state index is 0.0278. The van der Waals surface area contributed by atoms with Gasteiger partial charge in [-0.2, -0.15) is 0 Å². The molecular weight excluding hydrogens is 549 g/mol. The monoisotopic (exact) mass is 583 g/mol. The second kappa shape index (κ2) is 13.5. The number of halogens is 2. The fraction of sp³-hybridized carbons (Fsp3) is 0.419. The molecule has 3 atom stereocenters. The van der Waals surface area contributed by atoms with Crippen LogP contribution in [0.3, 0.4) is 0 Å². The number of imide groups is 1. The Morgan fingerprint density at radius 3 is 2.25 bits per heavy atom. The Bertz CT molecular complexity index is 1250. The Labute approximate surface area is 245 Å². The minimum atomic E-state index is -0.836.